The van der Waals surface area contributed by atoms with Crippen LogP contribution in [0, 0.1) is 6.92 Å². The standard InChI is InChI=1S/C17H18O/c1-13-6-8-15(9-7-13)11-17-5-3-4-16(12-17)10-14(2)18/h3-9,12H,10-11H2,1-2H3. The van der Waals surface area contributed by atoms with Crippen molar-refractivity contribution in [2.24, 2.45) is 0 Å². The van der Waals surface area contributed by atoms with Gasteiger partial charge in [0, 0.05) is 6.42 Å². The van der Waals surface area contributed by atoms with Crippen LogP contribution in [0.2, 0.25) is 0 Å². The van der Waals surface area contributed by atoms with Gasteiger partial charge in [0.2, 0.25) is 0 Å². The third-order valence-electron chi connectivity index (χ3n) is 2.97. The monoisotopic (exact) mass is 238 g/mol. The van der Waals surface area contributed by atoms with Crippen LogP contribution in [0.5, 0.6) is 0 Å². The summed E-state index contributed by atoms with van der Waals surface area (Å²) < 4.78 is 0. The number of hydrogen-bond donors (Lipinski definition) is 0. The van der Waals surface area contributed by atoms with Crippen LogP contribution in [0.1, 0.15) is 29.2 Å². The lowest BCUT2D eigenvalue weighted by Gasteiger charge is -2.05. The molecule has 0 fully saturated rings. The summed E-state index contributed by atoms with van der Waals surface area (Å²) in [5.74, 6) is 0.211. The van der Waals surface area contributed by atoms with E-state index in [-0.39, 0.29) is 5.78 Å². The van der Waals surface area contributed by atoms with Crippen molar-refractivity contribution in [3.8, 4) is 0 Å². The summed E-state index contributed by atoms with van der Waals surface area (Å²) in [6.07, 6.45) is 1.45. The number of benzene rings is 2. The summed E-state index contributed by atoms with van der Waals surface area (Å²) >= 11 is 0. The normalized spacial score (nSPS) is 10.3. The van der Waals surface area contributed by atoms with Gasteiger partial charge in [-0.05, 0) is 37.0 Å². The van der Waals surface area contributed by atoms with Crippen LogP contribution < -0.4 is 0 Å². The van der Waals surface area contributed by atoms with E-state index >= 15 is 0 Å². The Kier molecular flexibility index (Phi) is 3.93. The van der Waals surface area contributed by atoms with Crippen LogP contribution in [0.15, 0.2) is 48.5 Å². The number of carbonyl (C=O) groups excluding carboxylic acids is 1. The molecular formula is C17H18O. The molecule has 1 heteroatoms. The van der Waals surface area contributed by atoms with Crippen molar-refractivity contribution < 1.29 is 4.79 Å². The van der Waals surface area contributed by atoms with Crippen LogP contribution in [0.3, 0.4) is 0 Å². The minimum atomic E-state index is 0.211. The zero-order chi connectivity index (χ0) is 13.0. The van der Waals surface area contributed by atoms with Crippen LogP contribution in [-0.2, 0) is 17.6 Å². The van der Waals surface area contributed by atoms with Crippen molar-refractivity contribution in [2.45, 2.75) is 26.7 Å². The van der Waals surface area contributed by atoms with Crippen molar-refractivity contribution in [1.82, 2.24) is 0 Å². The van der Waals surface area contributed by atoms with E-state index in [0.29, 0.717) is 6.42 Å². The molecule has 18 heavy (non-hydrogen) atoms. The van der Waals surface area contributed by atoms with Crippen LogP contribution in [-0.4, -0.2) is 5.78 Å². The maximum atomic E-state index is 11.1. The Hall–Kier alpha value is -1.89. The topological polar surface area (TPSA) is 17.1 Å². The molecule has 2 aromatic carbocycles. The van der Waals surface area contributed by atoms with Crippen molar-refractivity contribution in [3.05, 3.63) is 70.8 Å². The third-order valence-corrected chi connectivity index (χ3v) is 2.97. The lowest BCUT2D eigenvalue weighted by atomic mass is 10.0. The Morgan fingerprint density at radius 3 is 2.28 bits per heavy atom. The first-order valence-corrected chi connectivity index (χ1v) is 6.26. The predicted octanol–water partition coefficient (Wildman–Crippen LogP) is 3.72. The molecule has 0 heterocycles. The van der Waals surface area contributed by atoms with Crippen molar-refractivity contribution in [3.63, 3.8) is 0 Å². The zero-order valence-electron chi connectivity index (χ0n) is 10.9. The fourth-order valence-corrected chi connectivity index (χ4v) is 2.08. The number of carbonyl (C=O) groups is 1. The van der Waals surface area contributed by atoms with Gasteiger partial charge in [0.05, 0.1) is 0 Å². The van der Waals surface area contributed by atoms with Gasteiger partial charge in [-0.2, -0.15) is 0 Å². The maximum Gasteiger partial charge on any atom is 0.134 e. The van der Waals surface area contributed by atoms with E-state index in [1.54, 1.807) is 6.92 Å². The molecule has 2 aromatic rings. The Morgan fingerprint density at radius 1 is 0.944 bits per heavy atom. The van der Waals surface area contributed by atoms with E-state index in [9.17, 15) is 4.79 Å². The van der Waals surface area contributed by atoms with Crippen molar-refractivity contribution in [1.29, 1.82) is 0 Å². The maximum absolute atomic E-state index is 11.1. The van der Waals surface area contributed by atoms with Gasteiger partial charge in [0.15, 0.2) is 0 Å². The molecule has 0 radical (unpaired) electrons. The second kappa shape index (κ2) is 5.63. The molecule has 0 saturated heterocycles. The van der Waals surface area contributed by atoms with E-state index in [0.717, 1.165) is 12.0 Å². The Labute approximate surface area is 108 Å². The highest BCUT2D eigenvalue weighted by molar-refractivity contribution is 5.78. The number of hydrogen-bond acceptors (Lipinski definition) is 1. The first-order chi connectivity index (χ1) is 8.63. The molecule has 0 bridgehead atoms. The first-order valence-electron chi connectivity index (χ1n) is 6.26. The summed E-state index contributed by atoms with van der Waals surface area (Å²) in [6.45, 7) is 3.73. The van der Waals surface area contributed by atoms with Gasteiger partial charge in [-0.1, -0.05) is 54.1 Å². The molecule has 0 aliphatic heterocycles. The average molecular weight is 238 g/mol. The predicted molar refractivity (Wildman–Crippen MR) is 74.8 cm³/mol. The fraction of sp³-hybridized carbons (Fsp3) is 0.235. The van der Waals surface area contributed by atoms with Gasteiger partial charge in [-0.3, -0.25) is 4.79 Å². The van der Waals surface area contributed by atoms with E-state index in [4.69, 9.17) is 0 Å². The minimum Gasteiger partial charge on any atom is -0.300 e. The molecule has 1 nitrogen and oxygen atoms in total. The highest BCUT2D eigenvalue weighted by Gasteiger charge is 2.00. The van der Waals surface area contributed by atoms with E-state index in [2.05, 4.69) is 43.3 Å². The quantitative estimate of drug-likeness (QED) is 0.793. The van der Waals surface area contributed by atoms with Gasteiger partial charge >= 0.3 is 0 Å². The van der Waals surface area contributed by atoms with Crippen molar-refractivity contribution in [2.75, 3.05) is 0 Å². The third kappa shape index (κ3) is 3.56. The summed E-state index contributed by atoms with van der Waals surface area (Å²) in [5, 5.41) is 0. The van der Waals surface area contributed by atoms with Gasteiger partial charge in [0.25, 0.3) is 0 Å². The van der Waals surface area contributed by atoms with E-state index in [1.165, 1.54) is 16.7 Å². The molecule has 0 unspecified atom stereocenters. The molecule has 0 aromatic heterocycles. The average Bonchev–Trinajstić information content (AvgIpc) is 2.32. The molecule has 0 saturated carbocycles. The Bertz CT molecular complexity index is 538. The largest absolute Gasteiger partial charge is 0.300 e. The molecular weight excluding hydrogens is 220 g/mol. The van der Waals surface area contributed by atoms with Crippen LogP contribution in [0.25, 0.3) is 0 Å². The second-order valence-electron chi connectivity index (χ2n) is 4.86. The van der Waals surface area contributed by atoms with Crippen molar-refractivity contribution >= 4 is 5.78 Å². The first kappa shape index (κ1) is 12.6. The number of Topliss-reactive ketones (excluding diaryl/α,β-unsaturated/α-hetero) is 1. The smallest absolute Gasteiger partial charge is 0.134 e. The van der Waals surface area contributed by atoms with E-state index in [1.807, 2.05) is 12.1 Å². The van der Waals surface area contributed by atoms with Gasteiger partial charge in [-0.15, -0.1) is 0 Å². The zero-order valence-corrected chi connectivity index (χ0v) is 10.9. The minimum absolute atomic E-state index is 0.211. The summed E-state index contributed by atoms with van der Waals surface area (Å²) in [7, 11) is 0. The molecule has 0 aliphatic rings. The Morgan fingerprint density at radius 2 is 1.61 bits per heavy atom. The number of ketones is 1. The van der Waals surface area contributed by atoms with Gasteiger partial charge in [-0.25, -0.2) is 0 Å². The van der Waals surface area contributed by atoms with Gasteiger partial charge in [0.1, 0.15) is 5.78 Å². The molecule has 2 rings (SSSR count). The fourth-order valence-electron chi connectivity index (χ4n) is 2.08. The van der Waals surface area contributed by atoms with Crippen LogP contribution >= 0.6 is 0 Å². The van der Waals surface area contributed by atoms with Gasteiger partial charge < -0.3 is 0 Å². The molecule has 0 amide bonds. The summed E-state index contributed by atoms with van der Waals surface area (Å²) in [6, 6.07) is 16.9. The molecule has 0 aliphatic carbocycles. The number of rotatable bonds is 4. The lowest BCUT2D eigenvalue weighted by Crippen LogP contribution is -1.97. The highest BCUT2D eigenvalue weighted by Crippen LogP contribution is 2.13. The highest BCUT2D eigenvalue weighted by atomic mass is 16.1. The molecule has 92 valence electrons. The van der Waals surface area contributed by atoms with E-state index < -0.39 is 0 Å². The molecule has 0 atom stereocenters. The lowest BCUT2D eigenvalue weighted by molar-refractivity contribution is -0.116. The Balaban J connectivity index is 2.13. The van der Waals surface area contributed by atoms with Crippen LogP contribution in [0.4, 0.5) is 0 Å². The number of aryl methyl sites for hydroxylation is 1. The molecule has 0 spiro atoms. The SMILES string of the molecule is CC(=O)Cc1cccc(Cc2ccc(C)cc2)c1. The second-order valence-corrected chi connectivity index (χ2v) is 4.86. The summed E-state index contributed by atoms with van der Waals surface area (Å²) in [4.78, 5) is 11.1. The summed E-state index contributed by atoms with van der Waals surface area (Å²) in [5.41, 5.74) is 4.95. The molecule has 0 N–H and O–H groups in total.